The number of methoxy groups -OCH3 is 1. The van der Waals surface area contributed by atoms with E-state index in [9.17, 15) is 21.6 Å². The Labute approximate surface area is 223 Å². The number of benzene rings is 3. The van der Waals surface area contributed by atoms with Gasteiger partial charge in [-0.1, -0.05) is 78.9 Å². The van der Waals surface area contributed by atoms with Gasteiger partial charge < -0.3 is 4.74 Å². The number of ether oxygens (including phenoxy) is 1. The summed E-state index contributed by atoms with van der Waals surface area (Å²) in [6.45, 7) is 0.362. The maximum atomic E-state index is 14.4. The molecule has 0 bridgehead atoms. The number of hydrogen-bond acceptors (Lipinski definition) is 7. The molecule has 0 radical (unpaired) electrons. The van der Waals surface area contributed by atoms with E-state index in [0.29, 0.717) is 13.0 Å². The second-order valence-electron chi connectivity index (χ2n) is 9.57. The summed E-state index contributed by atoms with van der Waals surface area (Å²) >= 11 is 0. The Hall–Kier alpha value is -3.27. The molecule has 0 N–H and O–H groups in total. The lowest BCUT2D eigenvalue weighted by molar-refractivity contribution is -0.152. The Morgan fingerprint density at radius 2 is 1.37 bits per heavy atom. The molecule has 9 heteroatoms. The number of esters is 1. The summed E-state index contributed by atoms with van der Waals surface area (Å²) in [5.41, 5.74) is -0.817. The van der Waals surface area contributed by atoms with Crippen molar-refractivity contribution in [3.63, 3.8) is 0 Å². The van der Waals surface area contributed by atoms with Crippen LogP contribution in [0.25, 0.3) is 6.08 Å². The van der Waals surface area contributed by atoms with Crippen LogP contribution >= 0.6 is 0 Å². The minimum absolute atomic E-state index is 0.0116. The fourth-order valence-corrected chi connectivity index (χ4v) is 11.1. The summed E-state index contributed by atoms with van der Waals surface area (Å²) in [5.74, 6) is -0.733. The van der Waals surface area contributed by atoms with E-state index >= 15 is 0 Å². The Kier molecular flexibility index (Phi) is 7.02. The van der Waals surface area contributed by atoms with E-state index in [1.807, 2.05) is 30.3 Å². The quantitative estimate of drug-likeness (QED) is 0.412. The van der Waals surface area contributed by atoms with Gasteiger partial charge in [0.05, 0.1) is 16.9 Å². The van der Waals surface area contributed by atoms with Crippen LogP contribution in [0.3, 0.4) is 0 Å². The largest absolute Gasteiger partial charge is 0.468 e. The summed E-state index contributed by atoms with van der Waals surface area (Å²) < 4.78 is 62.7. The van der Waals surface area contributed by atoms with E-state index in [2.05, 4.69) is 0 Å². The maximum absolute atomic E-state index is 14.4. The van der Waals surface area contributed by atoms with Crippen molar-refractivity contribution in [2.24, 2.45) is 0 Å². The Morgan fingerprint density at radius 1 is 0.842 bits per heavy atom. The molecular formula is C29H29NO6S2. The number of nitrogens with zero attached hydrogens (tertiary/aromatic N) is 1. The van der Waals surface area contributed by atoms with Crippen molar-refractivity contribution >= 4 is 31.7 Å². The molecule has 0 spiro atoms. The molecule has 0 unspecified atom stereocenters. The molecule has 0 saturated carbocycles. The van der Waals surface area contributed by atoms with E-state index in [0.717, 1.165) is 5.56 Å². The zero-order valence-corrected chi connectivity index (χ0v) is 22.5. The molecule has 5 rings (SSSR count). The molecule has 7 nitrogen and oxygen atoms in total. The zero-order chi connectivity index (χ0) is 27.0. The van der Waals surface area contributed by atoms with Crippen LogP contribution in [0.2, 0.25) is 0 Å². The van der Waals surface area contributed by atoms with Crippen LogP contribution in [0.1, 0.15) is 18.4 Å². The van der Waals surface area contributed by atoms with Gasteiger partial charge >= 0.3 is 5.97 Å². The first-order valence-corrected chi connectivity index (χ1v) is 15.5. The highest BCUT2D eigenvalue weighted by molar-refractivity contribution is 7.96. The zero-order valence-electron chi connectivity index (χ0n) is 20.9. The normalized spacial score (nSPS) is 25.9. The van der Waals surface area contributed by atoms with Crippen LogP contribution in [0.5, 0.6) is 0 Å². The van der Waals surface area contributed by atoms with Crippen molar-refractivity contribution < 1.29 is 26.4 Å². The molecule has 198 valence electrons. The summed E-state index contributed by atoms with van der Waals surface area (Å²) in [4.78, 5) is 15.3. The molecule has 2 saturated heterocycles. The van der Waals surface area contributed by atoms with Crippen LogP contribution < -0.4 is 0 Å². The minimum Gasteiger partial charge on any atom is -0.468 e. The first kappa shape index (κ1) is 26.3. The van der Waals surface area contributed by atoms with Gasteiger partial charge in [0.2, 0.25) is 0 Å². The van der Waals surface area contributed by atoms with Gasteiger partial charge in [-0.2, -0.15) is 0 Å². The predicted molar refractivity (Wildman–Crippen MR) is 145 cm³/mol. The van der Waals surface area contributed by atoms with Gasteiger partial charge in [0, 0.05) is 12.6 Å². The lowest BCUT2D eigenvalue weighted by atomic mass is 9.93. The molecule has 2 aliphatic heterocycles. The van der Waals surface area contributed by atoms with Gasteiger partial charge in [-0.3, -0.25) is 9.69 Å². The topological polar surface area (TPSA) is 97.8 Å². The second-order valence-corrected chi connectivity index (χ2v) is 13.7. The fraction of sp³-hybridized carbons (Fsp3) is 0.276. The number of sulfone groups is 2. The minimum atomic E-state index is -4.32. The lowest BCUT2D eigenvalue weighted by Crippen LogP contribution is -2.58. The van der Waals surface area contributed by atoms with Gasteiger partial charge in [0.25, 0.3) is 0 Å². The molecule has 2 fully saturated rings. The van der Waals surface area contributed by atoms with Crippen molar-refractivity contribution in [3.8, 4) is 0 Å². The summed E-state index contributed by atoms with van der Waals surface area (Å²) in [5, 5.41) is -3.03. The molecule has 0 amide bonds. The number of carbonyl (C=O) groups excluding carboxylic acids is 1. The Bertz CT molecular complexity index is 1540. The van der Waals surface area contributed by atoms with E-state index < -0.39 is 47.7 Å². The van der Waals surface area contributed by atoms with E-state index in [-0.39, 0.29) is 16.2 Å². The molecule has 4 atom stereocenters. The maximum Gasteiger partial charge on any atom is 0.327 e. The number of carbonyl (C=O) groups is 1. The molecule has 2 heterocycles. The molecule has 3 aromatic carbocycles. The predicted octanol–water partition coefficient (Wildman–Crippen LogP) is 3.77. The Balaban J connectivity index is 1.79. The van der Waals surface area contributed by atoms with Crippen molar-refractivity contribution in [2.45, 2.75) is 44.7 Å². The van der Waals surface area contributed by atoms with Crippen molar-refractivity contribution in [1.29, 1.82) is 0 Å². The standard InChI is InChI=1S/C29H29NO6S2/c1-36-28(31)29-20-11-21-30(29)25(19-18-22-12-5-2-6-13-22)26(37(32,33)23-14-7-3-8-15-23)27(29)38(34,35)24-16-9-4-10-17-24/h2-10,12-19,25-27H,11,20-21H2,1H3/b19-18+/t25-,26+,27-,29+/m0/s1. The third kappa shape index (κ3) is 4.19. The highest BCUT2D eigenvalue weighted by atomic mass is 32.2. The van der Waals surface area contributed by atoms with E-state index in [4.69, 9.17) is 4.74 Å². The molecule has 2 aliphatic rings. The number of rotatable bonds is 7. The smallest absolute Gasteiger partial charge is 0.327 e. The van der Waals surface area contributed by atoms with Gasteiger partial charge in [0.1, 0.15) is 16.0 Å². The highest BCUT2D eigenvalue weighted by Crippen LogP contribution is 2.51. The van der Waals surface area contributed by atoms with E-state index in [1.165, 1.54) is 31.4 Å². The highest BCUT2D eigenvalue weighted by Gasteiger charge is 2.71. The lowest BCUT2D eigenvalue weighted by Gasteiger charge is -2.34. The van der Waals surface area contributed by atoms with Crippen molar-refractivity contribution in [3.05, 3.63) is 103 Å². The fourth-order valence-electron chi connectivity index (χ4n) is 6.01. The summed E-state index contributed by atoms with van der Waals surface area (Å²) in [7, 11) is -7.34. The van der Waals surface area contributed by atoms with Crippen molar-refractivity contribution in [1.82, 2.24) is 4.90 Å². The summed E-state index contributed by atoms with van der Waals surface area (Å²) in [6, 6.07) is 24.1. The monoisotopic (exact) mass is 551 g/mol. The van der Waals surface area contributed by atoms with E-state index in [1.54, 1.807) is 53.5 Å². The summed E-state index contributed by atoms with van der Waals surface area (Å²) in [6.07, 6.45) is 4.22. The number of fused-ring (bicyclic) bond motifs is 1. The van der Waals surface area contributed by atoms with Crippen LogP contribution in [-0.4, -0.2) is 63.4 Å². The van der Waals surface area contributed by atoms with Gasteiger partial charge in [-0.15, -0.1) is 0 Å². The number of hydrogen-bond donors (Lipinski definition) is 0. The van der Waals surface area contributed by atoms with Crippen LogP contribution in [0, 0.1) is 0 Å². The third-order valence-corrected chi connectivity index (χ3v) is 12.2. The van der Waals surface area contributed by atoms with Gasteiger partial charge in [0.15, 0.2) is 19.7 Å². The van der Waals surface area contributed by atoms with Crippen molar-refractivity contribution in [2.75, 3.05) is 13.7 Å². The molecule has 3 aromatic rings. The van der Waals surface area contributed by atoms with Crippen LogP contribution in [-0.2, 0) is 29.2 Å². The Morgan fingerprint density at radius 3 is 1.92 bits per heavy atom. The molecule has 0 aromatic heterocycles. The average molecular weight is 552 g/mol. The van der Waals surface area contributed by atoms with Gasteiger partial charge in [-0.25, -0.2) is 16.8 Å². The SMILES string of the molecule is COC(=O)[C@]12CCCN1[C@@H](/C=C/c1ccccc1)[C@@H](S(=O)(=O)c1ccccc1)[C@@H]2S(=O)(=O)c1ccccc1. The average Bonchev–Trinajstić information content (AvgIpc) is 3.50. The molecular weight excluding hydrogens is 522 g/mol. The first-order valence-electron chi connectivity index (χ1n) is 12.4. The third-order valence-electron chi connectivity index (χ3n) is 7.60. The molecule has 0 aliphatic carbocycles. The molecule has 38 heavy (non-hydrogen) atoms. The van der Waals surface area contributed by atoms with Crippen LogP contribution in [0.15, 0.2) is 107 Å². The van der Waals surface area contributed by atoms with Crippen LogP contribution in [0.4, 0.5) is 0 Å². The second kappa shape index (κ2) is 10.1. The first-order chi connectivity index (χ1) is 18.2. The van der Waals surface area contributed by atoms with Gasteiger partial charge in [-0.05, 0) is 42.7 Å².